The zero-order chi connectivity index (χ0) is 31.3. The molecule has 2 aromatic carbocycles. The van der Waals surface area contributed by atoms with E-state index in [9.17, 15) is 9.90 Å². The molecule has 0 spiro atoms. The van der Waals surface area contributed by atoms with Gasteiger partial charge in [0.05, 0.1) is 18.1 Å². The summed E-state index contributed by atoms with van der Waals surface area (Å²) >= 11 is 0. The van der Waals surface area contributed by atoms with Crippen LogP contribution in [0.25, 0.3) is 0 Å². The number of carbonyl (C=O) groups is 1. The Morgan fingerprint density at radius 1 is 0.929 bits per heavy atom. The second-order valence-electron chi connectivity index (χ2n) is 14.0. The summed E-state index contributed by atoms with van der Waals surface area (Å²) in [6, 6.07) is 21.2. The maximum absolute atomic E-state index is 12.2. The second kappa shape index (κ2) is 13.6. The number of hydrogen-bond donors (Lipinski definition) is 1. The van der Waals surface area contributed by atoms with Crippen LogP contribution in [0.15, 0.2) is 72.8 Å². The molecule has 0 aromatic heterocycles. The van der Waals surface area contributed by atoms with Gasteiger partial charge in [0.15, 0.2) is 5.79 Å². The molecule has 0 amide bonds. The molecule has 2 aromatic rings. The summed E-state index contributed by atoms with van der Waals surface area (Å²) in [4.78, 5) is 12.2. The number of benzene rings is 2. The van der Waals surface area contributed by atoms with Gasteiger partial charge in [-0.1, -0.05) is 101 Å². The third kappa shape index (κ3) is 8.20. The monoisotopic (exact) mass is 596 g/mol. The highest BCUT2D eigenvalue weighted by Gasteiger charge is 2.51. The SMILES string of the molecule is C[C@H](/C=C\C(O)[C@H]1OC(C)(C)O[C@H]1CCOC(=O)C(C)(C)C)[C@@H](C)O[Si](c1ccccc1)(c1ccccc1)C(C)(C)C. The van der Waals surface area contributed by atoms with Crippen LogP contribution in [-0.2, 0) is 23.4 Å². The molecule has 1 unspecified atom stereocenters. The van der Waals surface area contributed by atoms with Gasteiger partial charge in [-0.05, 0) is 62.9 Å². The summed E-state index contributed by atoms with van der Waals surface area (Å²) in [5.74, 6) is -1.09. The molecule has 3 rings (SSSR count). The zero-order valence-electron chi connectivity index (χ0n) is 27.2. The van der Waals surface area contributed by atoms with Crippen LogP contribution < -0.4 is 10.4 Å². The van der Waals surface area contributed by atoms with Gasteiger partial charge in [-0.3, -0.25) is 4.79 Å². The molecule has 0 saturated carbocycles. The fraction of sp³-hybridized carbons (Fsp3) is 0.571. The van der Waals surface area contributed by atoms with Crippen LogP contribution in [0.2, 0.25) is 5.04 Å². The van der Waals surface area contributed by atoms with Crippen molar-refractivity contribution in [1.29, 1.82) is 0 Å². The third-order valence-corrected chi connectivity index (χ3v) is 13.1. The quantitative estimate of drug-likeness (QED) is 0.195. The average Bonchev–Trinajstić information content (AvgIpc) is 3.23. The smallest absolute Gasteiger partial charge is 0.311 e. The third-order valence-electron chi connectivity index (χ3n) is 7.94. The Hall–Kier alpha value is -2.29. The molecule has 42 heavy (non-hydrogen) atoms. The molecular formula is C35H52O6Si. The van der Waals surface area contributed by atoms with E-state index in [-0.39, 0.29) is 29.6 Å². The van der Waals surface area contributed by atoms with Crippen LogP contribution in [0.5, 0.6) is 0 Å². The minimum atomic E-state index is -2.71. The van der Waals surface area contributed by atoms with Gasteiger partial charge in [0.1, 0.15) is 12.2 Å². The highest BCUT2D eigenvalue weighted by molar-refractivity contribution is 6.99. The molecule has 7 heteroatoms. The summed E-state index contributed by atoms with van der Waals surface area (Å²) in [6.07, 6.45) is 2.24. The first-order valence-corrected chi connectivity index (χ1v) is 17.1. The van der Waals surface area contributed by atoms with Crippen molar-refractivity contribution in [2.45, 2.75) is 111 Å². The first-order valence-electron chi connectivity index (χ1n) is 15.2. The van der Waals surface area contributed by atoms with Gasteiger partial charge in [0.25, 0.3) is 8.32 Å². The molecule has 232 valence electrons. The first kappa shape index (κ1) is 34.2. The highest BCUT2D eigenvalue weighted by Crippen LogP contribution is 2.38. The van der Waals surface area contributed by atoms with Gasteiger partial charge in [-0.15, -0.1) is 0 Å². The number of aliphatic hydroxyl groups is 1. The lowest BCUT2D eigenvalue weighted by atomic mass is 9.97. The number of carbonyl (C=O) groups excluding carboxylic acids is 1. The van der Waals surface area contributed by atoms with Crippen LogP contribution in [-0.4, -0.2) is 56.2 Å². The van der Waals surface area contributed by atoms with E-state index >= 15 is 0 Å². The van der Waals surface area contributed by atoms with E-state index < -0.39 is 37.8 Å². The van der Waals surface area contributed by atoms with Crippen LogP contribution in [0, 0.1) is 11.3 Å². The van der Waals surface area contributed by atoms with Crippen molar-refractivity contribution in [3.05, 3.63) is 72.8 Å². The second-order valence-corrected chi connectivity index (χ2v) is 18.3. The number of ether oxygens (including phenoxy) is 3. The van der Waals surface area contributed by atoms with Gasteiger partial charge in [-0.2, -0.15) is 0 Å². The van der Waals surface area contributed by atoms with E-state index in [0.29, 0.717) is 6.42 Å². The van der Waals surface area contributed by atoms with Crippen LogP contribution in [0.3, 0.4) is 0 Å². The Bertz CT molecular complexity index is 1130. The van der Waals surface area contributed by atoms with Gasteiger partial charge in [-0.25, -0.2) is 0 Å². The lowest BCUT2D eigenvalue weighted by molar-refractivity contribution is -0.157. The molecule has 1 aliphatic rings. The first-order chi connectivity index (χ1) is 19.5. The number of hydrogen-bond acceptors (Lipinski definition) is 6. The molecule has 1 saturated heterocycles. The van der Waals surface area contributed by atoms with Crippen molar-refractivity contribution in [1.82, 2.24) is 0 Å². The summed E-state index contributed by atoms with van der Waals surface area (Å²) in [6.45, 7) is 20.4. The molecular weight excluding hydrogens is 544 g/mol. The van der Waals surface area contributed by atoms with E-state index in [0.717, 1.165) is 0 Å². The number of aliphatic hydroxyl groups excluding tert-OH is 1. The van der Waals surface area contributed by atoms with Crippen molar-refractivity contribution < 1.29 is 28.5 Å². The summed E-state index contributed by atoms with van der Waals surface area (Å²) in [7, 11) is -2.71. The van der Waals surface area contributed by atoms with Gasteiger partial charge < -0.3 is 23.7 Å². The van der Waals surface area contributed by atoms with E-state index in [1.165, 1.54) is 10.4 Å². The predicted octanol–water partition coefficient (Wildman–Crippen LogP) is 6.00. The van der Waals surface area contributed by atoms with Gasteiger partial charge in [0.2, 0.25) is 0 Å². The topological polar surface area (TPSA) is 74.2 Å². The van der Waals surface area contributed by atoms with Crippen LogP contribution in [0.1, 0.15) is 75.7 Å². The molecule has 6 nitrogen and oxygen atoms in total. The van der Waals surface area contributed by atoms with Gasteiger partial charge >= 0.3 is 5.97 Å². The Balaban J connectivity index is 1.77. The normalized spacial score (nSPS) is 21.7. The Kier molecular flexibility index (Phi) is 11.0. The maximum atomic E-state index is 12.2. The molecule has 0 radical (unpaired) electrons. The lowest BCUT2D eigenvalue weighted by Gasteiger charge is -2.45. The summed E-state index contributed by atoms with van der Waals surface area (Å²) < 4.78 is 24.9. The van der Waals surface area contributed by atoms with Crippen molar-refractivity contribution in [3.63, 3.8) is 0 Å². The van der Waals surface area contributed by atoms with E-state index in [4.69, 9.17) is 18.6 Å². The molecule has 1 aliphatic heterocycles. The largest absolute Gasteiger partial charge is 0.465 e. The Labute approximate surface area is 254 Å². The van der Waals surface area contributed by atoms with E-state index in [2.05, 4.69) is 83.1 Å². The molecule has 0 aliphatic carbocycles. The van der Waals surface area contributed by atoms with Crippen LogP contribution in [0.4, 0.5) is 0 Å². The van der Waals surface area contributed by atoms with Crippen molar-refractivity contribution >= 4 is 24.7 Å². The molecule has 0 bridgehead atoms. The minimum Gasteiger partial charge on any atom is -0.465 e. The summed E-state index contributed by atoms with van der Waals surface area (Å²) in [5.41, 5.74) is -0.572. The Morgan fingerprint density at radius 2 is 1.45 bits per heavy atom. The van der Waals surface area contributed by atoms with Crippen LogP contribution >= 0.6 is 0 Å². The highest BCUT2D eigenvalue weighted by atomic mass is 28.4. The molecule has 1 N–H and O–H groups in total. The van der Waals surface area contributed by atoms with Gasteiger partial charge in [0, 0.05) is 12.5 Å². The zero-order valence-corrected chi connectivity index (χ0v) is 28.2. The van der Waals surface area contributed by atoms with Crippen molar-refractivity contribution in [3.8, 4) is 0 Å². The fourth-order valence-corrected chi connectivity index (χ4v) is 10.3. The minimum absolute atomic E-state index is 0.0165. The summed E-state index contributed by atoms with van der Waals surface area (Å²) in [5, 5.41) is 13.6. The maximum Gasteiger partial charge on any atom is 0.311 e. The van der Waals surface area contributed by atoms with Crippen molar-refractivity contribution in [2.75, 3.05) is 6.61 Å². The molecule has 5 atom stereocenters. The van der Waals surface area contributed by atoms with E-state index in [1.54, 1.807) is 6.08 Å². The Morgan fingerprint density at radius 3 is 1.93 bits per heavy atom. The molecule has 1 fully saturated rings. The predicted molar refractivity (Wildman–Crippen MR) is 171 cm³/mol. The lowest BCUT2D eigenvalue weighted by Crippen LogP contribution is -2.67. The molecule has 1 heterocycles. The standard InChI is InChI=1S/C35H52O6Si/c1-25(21-22-29(36)31-30(39-35(9,10)40-31)23-24-38-32(37)33(3,4)5)26(2)41-42(34(6,7)8,27-17-13-11-14-18-27)28-19-15-12-16-20-28/h11-22,25-26,29-31,36H,23-24H2,1-10H3/b22-21-/t25-,26-,29?,30+,31-/m1/s1. The fourth-order valence-electron chi connectivity index (χ4n) is 5.49. The average molecular weight is 597 g/mol. The number of rotatable bonds is 11. The van der Waals surface area contributed by atoms with E-state index in [1.807, 2.05) is 52.8 Å². The van der Waals surface area contributed by atoms with Crippen molar-refractivity contribution in [2.24, 2.45) is 11.3 Å². The number of esters is 1.